The first-order valence-electron chi connectivity index (χ1n) is 6.10. The molecule has 1 aromatic carbocycles. The maximum absolute atomic E-state index is 12.4. The van der Waals surface area contributed by atoms with Crippen LogP contribution in [0.25, 0.3) is 0 Å². The molecule has 0 saturated heterocycles. The Labute approximate surface area is 109 Å². The highest BCUT2D eigenvalue weighted by Crippen LogP contribution is 2.51. The van der Waals surface area contributed by atoms with Gasteiger partial charge in [0.2, 0.25) is 0 Å². The van der Waals surface area contributed by atoms with Crippen LogP contribution in [0, 0.1) is 0 Å². The van der Waals surface area contributed by atoms with Crippen LogP contribution in [-0.4, -0.2) is 31.5 Å². The van der Waals surface area contributed by atoms with Gasteiger partial charge in [-0.15, -0.1) is 0 Å². The molecule has 18 heavy (non-hydrogen) atoms. The number of hydrogen-bond donors (Lipinski definition) is 0. The molecule has 0 fully saturated rings. The monoisotopic (exact) mass is 271 g/mol. The van der Waals surface area contributed by atoms with Crippen LogP contribution >= 0.6 is 7.75 Å². The highest BCUT2D eigenvalue weighted by Gasteiger charge is 2.33. The van der Waals surface area contributed by atoms with Crippen LogP contribution in [0.4, 0.5) is 0 Å². The van der Waals surface area contributed by atoms with Crippen LogP contribution in [0.15, 0.2) is 30.3 Å². The molecule has 1 atom stereocenters. The van der Waals surface area contributed by atoms with Gasteiger partial charge in [0.1, 0.15) is 0 Å². The van der Waals surface area contributed by atoms with Crippen LogP contribution in [0.5, 0.6) is 0 Å². The fourth-order valence-corrected chi connectivity index (χ4v) is 3.55. The Morgan fingerprint density at radius 1 is 1.22 bits per heavy atom. The van der Waals surface area contributed by atoms with Gasteiger partial charge in [0.25, 0.3) is 0 Å². The normalized spacial score (nSPS) is 13.8. The van der Waals surface area contributed by atoms with Gasteiger partial charge in [-0.3, -0.25) is 9.05 Å². The lowest BCUT2D eigenvalue weighted by Crippen LogP contribution is -2.32. The van der Waals surface area contributed by atoms with E-state index in [0.29, 0.717) is 6.54 Å². The Morgan fingerprint density at radius 2 is 1.78 bits per heavy atom. The third-order valence-corrected chi connectivity index (χ3v) is 5.21. The van der Waals surface area contributed by atoms with Crippen LogP contribution in [-0.2, 0) is 20.0 Å². The number of benzene rings is 1. The minimum atomic E-state index is -3.15. The van der Waals surface area contributed by atoms with E-state index >= 15 is 0 Å². The van der Waals surface area contributed by atoms with Crippen LogP contribution in [0.3, 0.4) is 0 Å². The van der Waals surface area contributed by atoms with Crippen LogP contribution in [0.1, 0.15) is 19.4 Å². The summed E-state index contributed by atoms with van der Waals surface area (Å²) in [4.78, 5) is 0. The SMILES string of the molecule is CCN(C(C)Cc1ccccc1)P(=O)(OC)OC. The van der Waals surface area contributed by atoms with Crippen molar-refractivity contribution < 1.29 is 13.6 Å². The molecular weight excluding hydrogens is 249 g/mol. The third kappa shape index (κ3) is 3.66. The number of likely N-dealkylation sites (N-methyl/N-ethyl adjacent to an activating group) is 1. The first kappa shape index (κ1) is 15.4. The van der Waals surface area contributed by atoms with Crippen LogP contribution in [0.2, 0.25) is 0 Å². The van der Waals surface area contributed by atoms with Gasteiger partial charge in [0.15, 0.2) is 0 Å². The van der Waals surface area contributed by atoms with Gasteiger partial charge in [-0.2, -0.15) is 0 Å². The van der Waals surface area contributed by atoms with Crippen molar-refractivity contribution in [3.8, 4) is 0 Å². The molecule has 0 aromatic heterocycles. The molecular formula is C13H22NO3P. The first-order chi connectivity index (χ1) is 8.57. The zero-order chi connectivity index (χ0) is 13.6. The van der Waals surface area contributed by atoms with Gasteiger partial charge in [-0.25, -0.2) is 9.24 Å². The van der Waals surface area contributed by atoms with Crippen LogP contribution < -0.4 is 0 Å². The Morgan fingerprint density at radius 3 is 2.22 bits per heavy atom. The topological polar surface area (TPSA) is 38.8 Å². The van der Waals surface area contributed by atoms with Crippen molar-refractivity contribution in [1.82, 2.24) is 4.67 Å². The van der Waals surface area contributed by atoms with E-state index in [1.807, 2.05) is 32.0 Å². The fraction of sp³-hybridized carbons (Fsp3) is 0.538. The molecule has 0 spiro atoms. The van der Waals surface area contributed by atoms with Gasteiger partial charge in [0, 0.05) is 26.8 Å². The molecule has 0 heterocycles. The summed E-state index contributed by atoms with van der Waals surface area (Å²) in [7, 11) is -0.313. The van der Waals surface area contributed by atoms with Crippen molar-refractivity contribution >= 4 is 7.75 Å². The second-order valence-electron chi connectivity index (χ2n) is 4.13. The van der Waals surface area contributed by atoms with E-state index < -0.39 is 7.75 Å². The summed E-state index contributed by atoms with van der Waals surface area (Å²) in [5, 5.41) is 0. The lowest BCUT2D eigenvalue weighted by molar-refractivity contribution is 0.189. The highest BCUT2D eigenvalue weighted by atomic mass is 31.2. The Hall–Kier alpha value is -0.670. The van der Waals surface area contributed by atoms with Gasteiger partial charge < -0.3 is 0 Å². The molecule has 1 unspecified atom stereocenters. The summed E-state index contributed by atoms with van der Waals surface area (Å²) in [5.41, 5.74) is 1.21. The molecule has 0 aliphatic heterocycles. The zero-order valence-electron chi connectivity index (χ0n) is 11.5. The molecule has 0 amide bonds. The van der Waals surface area contributed by atoms with E-state index in [1.165, 1.54) is 19.8 Å². The lowest BCUT2D eigenvalue weighted by atomic mass is 10.1. The second kappa shape index (κ2) is 7.05. The average molecular weight is 271 g/mol. The predicted octanol–water partition coefficient (Wildman–Crippen LogP) is 3.34. The zero-order valence-corrected chi connectivity index (χ0v) is 12.4. The summed E-state index contributed by atoms with van der Waals surface area (Å²) < 4.78 is 24.3. The number of hydrogen-bond acceptors (Lipinski definition) is 3. The predicted molar refractivity (Wildman–Crippen MR) is 73.6 cm³/mol. The van der Waals surface area contributed by atoms with E-state index in [-0.39, 0.29) is 6.04 Å². The Kier molecular flexibility index (Phi) is 6.03. The van der Waals surface area contributed by atoms with Crippen molar-refractivity contribution in [2.75, 3.05) is 20.8 Å². The molecule has 0 bridgehead atoms. The number of nitrogens with zero attached hydrogens (tertiary/aromatic N) is 1. The highest BCUT2D eigenvalue weighted by molar-refractivity contribution is 7.51. The second-order valence-corrected chi connectivity index (χ2v) is 6.31. The first-order valence-corrected chi connectivity index (χ1v) is 7.59. The van der Waals surface area contributed by atoms with Crippen molar-refractivity contribution in [2.24, 2.45) is 0 Å². The van der Waals surface area contributed by atoms with Gasteiger partial charge >= 0.3 is 7.75 Å². The molecule has 5 heteroatoms. The summed E-state index contributed by atoms with van der Waals surface area (Å²) in [5.74, 6) is 0. The molecule has 0 radical (unpaired) electrons. The molecule has 1 aromatic rings. The minimum Gasteiger partial charge on any atom is -0.300 e. The fourth-order valence-electron chi connectivity index (χ4n) is 2.07. The number of rotatable bonds is 7. The quantitative estimate of drug-likeness (QED) is 0.713. The van der Waals surface area contributed by atoms with E-state index in [2.05, 4.69) is 12.1 Å². The van der Waals surface area contributed by atoms with Crippen molar-refractivity contribution in [1.29, 1.82) is 0 Å². The lowest BCUT2D eigenvalue weighted by Gasteiger charge is -2.32. The Bertz CT molecular complexity index is 388. The van der Waals surface area contributed by atoms with Gasteiger partial charge in [-0.1, -0.05) is 37.3 Å². The van der Waals surface area contributed by atoms with E-state index in [4.69, 9.17) is 9.05 Å². The van der Waals surface area contributed by atoms with Gasteiger partial charge in [0.05, 0.1) is 0 Å². The summed E-state index contributed by atoms with van der Waals surface area (Å²) in [6, 6.07) is 10.2. The molecule has 0 aliphatic rings. The van der Waals surface area contributed by atoms with Crippen molar-refractivity contribution in [3.05, 3.63) is 35.9 Å². The molecule has 0 aliphatic carbocycles. The Balaban J connectivity index is 2.80. The van der Waals surface area contributed by atoms with E-state index in [0.717, 1.165) is 6.42 Å². The largest absolute Gasteiger partial charge is 0.407 e. The van der Waals surface area contributed by atoms with Crippen molar-refractivity contribution in [2.45, 2.75) is 26.3 Å². The maximum Gasteiger partial charge on any atom is 0.407 e. The smallest absolute Gasteiger partial charge is 0.300 e. The molecule has 4 nitrogen and oxygen atoms in total. The summed E-state index contributed by atoms with van der Waals surface area (Å²) >= 11 is 0. The average Bonchev–Trinajstić information content (AvgIpc) is 2.40. The van der Waals surface area contributed by atoms with E-state index in [9.17, 15) is 4.57 Å². The standard InChI is InChI=1S/C13H22NO3P/c1-5-14(18(15,16-3)17-4)12(2)11-13-9-7-6-8-10-13/h6-10,12H,5,11H2,1-4H3. The van der Waals surface area contributed by atoms with Crippen molar-refractivity contribution in [3.63, 3.8) is 0 Å². The third-order valence-electron chi connectivity index (χ3n) is 2.98. The maximum atomic E-state index is 12.4. The molecule has 0 N–H and O–H groups in total. The molecule has 0 saturated carbocycles. The molecule has 102 valence electrons. The van der Waals surface area contributed by atoms with Gasteiger partial charge in [-0.05, 0) is 18.9 Å². The minimum absolute atomic E-state index is 0.0862. The summed E-state index contributed by atoms with van der Waals surface area (Å²) in [6.45, 7) is 4.60. The van der Waals surface area contributed by atoms with E-state index in [1.54, 1.807) is 4.67 Å². The summed E-state index contributed by atoms with van der Waals surface area (Å²) in [6.07, 6.45) is 0.811. The molecule has 1 rings (SSSR count).